The van der Waals surface area contributed by atoms with E-state index in [4.69, 9.17) is 11.7 Å². The summed E-state index contributed by atoms with van der Waals surface area (Å²) in [5, 5.41) is 12.2. The first-order valence-electron chi connectivity index (χ1n) is 4.53. The van der Waals surface area contributed by atoms with Crippen LogP contribution in [0.15, 0.2) is 10.3 Å². The van der Waals surface area contributed by atoms with E-state index in [9.17, 15) is 4.79 Å². The summed E-state index contributed by atoms with van der Waals surface area (Å²) in [5.74, 6) is 10.1. The normalized spacial score (nSPS) is 16.6. The van der Waals surface area contributed by atoms with E-state index in [2.05, 4.69) is 15.4 Å². The number of halogens is 1. The van der Waals surface area contributed by atoms with Crippen LogP contribution in [0.2, 0.25) is 0 Å². The number of hydrogen-bond acceptors (Lipinski definition) is 5. The Bertz CT molecular complexity index is 454. The van der Waals surface area contributed by atoms with Gasteiger partial charge in [-0.3, -0.25) is 15.3 Å². The van der Waals surface area contributed by atoms with Crippen molar-refractivity contribution < 1.29 is 4.79 Å². The van der Waals surface area contributed by atoms with Gasteiger partial charge in [0.25, 0.3) is 0 Å². The van der Waals surface area contributed by atoms with Crippen molar-refractivity contribution in [3.8, 4) is 0 Å². The third-order valence-electron chi connectivity index (χ3n) is 2.33. The monoisotopic (exact) mass is 335 g/mol. The molecule has 4 N–H and O–H groups in total. The first kappa shape index (κ1) is 11.4. The summed E-state index contributed by atoms with van der Waals surface area (Å²) in [5.41, 5.74) is 1.19. The Morgan fingerprint density at radius 1 is 1.50 bits per heavy atom. The zero-order valence-corrected chi connectivity index (χ0v) is 10.5. The van der Waals surface area contributed by atoms with Crippen molar-refractivity contribution in [1.82, 2.24) is 14.8 Å². The minimum atomic E-state index is -0.483. The molecule has 0 spiro atoms. The third-order valence-corrected chi connectivity index (χ3v) is 3.08. The van der Waals surface area contributed by atoms with Gasteiger partial charge in [-0.2, -0.15) is 5.10 Å². The van der Waals surface area contributed by atoms with Gasteiger partial charge in [0.15, 0.2) is 0 Å². The molecule has 16 heavy (non-hydrogen) atoms. The summed E-state index contributed by atoms with van der Waals surface area (Å²) in [4.78, 5) is 11.6. The second-order valence-electron chi connectivity index (χ2n) is 3.33. The Kier molecular flexibility index (Phi) is 3.16. The summed E-state index contributed by atoms with van der Waals surface area (Å²) in [6.45, 7) is 1.84. The highest BCUT2D eigenvalue weighted by Gasteiger charge is 2.26. The summed E-state index contributed by atoms with van der Waals surface area (Å²) in [6, 6.07) is 0. The van der Waals surface area contributed by atoms with Crippen molar-refractivity contribution in [2.45, 2.75) is 13.1 Å². The van der Waals surface area contributed by atoms with Crippen LogP contribution in [0.5, 0.6) is 0 Å². The van der Waals surface area contributed by atoms with E-state index in [1.807, 2.05) is 22.6 Å². The zero-order chi connectivity index (χ0) is 11.7. The number of hydrogen-bond donors (Lipinski definition) is 2. The summed E-state index contributed by atoms with van der Waals surface area (Å²) >= 11 is 1.99. The lowest BCUT2D eigenvalue weighted by molar-refractivity contribution is 0.0989. The number of amides is 1. The SMILES string of the molecule is NN=NC(=O)c1c(I)nn2c1CN(N)CC2. The molecule has 86 valence electrons. The Labute approximate surface area is 105 Å². The van der Waals surface area contributed by atoms with E-state index in [1.165, 1.54) is 0 Å². The highest BCUT2D eigenvalue weighted by atomic mass is 127. The summed E-state index contributed by atoms with van der Waals surface area (Å²) < 4.78 is 2.37. The van der Waals surface area contributed by atoms with Crippen LogP contribution in [0.3, 0.4) is 0 Å². The molecule has 2 heterocycles. The van der Waals surface area contributed by atoms with Gasteiger partial charge in [0, 0.05) is 6.54 Å². The maximum absolute atomic E-state index is 11.6. The molecule has 1 aliphatic rings. The van der Waals surface area contributed by atoms with Crippen molar-refractivity contribution in [3.63, 3.8) is 0 Å². The minimum Gasteiger partial charge on any atom is -0.304 e. The van der Waals surface area contributed by atoms with Gasteiger partial charge in [0.05, 0.1) is 24.3 Å². The predicted octanol–water partition coefficient (Wildman–Crippen LogP) is -0.357. The molecule has 0 fully saturated rings. The van der Waals surface area contributed by atoms with Gasteiger partial charge in [0.1, 0.15) is 3.70 Å². The molecule has 0 bridgehead atoms. The van der Waals surface area contributed by atoms with Gasteiger partial charge in [-0.15, -0.1) is 0 Å². The lowest BCUT2D eigenvalue weighted by atomic mass is 10.2. The molecule has 9 heteroatoms. The van der Waals surface area contributed by atoms with E-state index in [0.29, 0.717) is 28.9 Å². The van der Waals surface area contributed by atoms with Crippen LogP contribution in [0.25, 0.3) is 0 Å². The van der Waals surface area contributed by atoms with Gasteiger partial charge in [0.2, 0.25) is 0 Å². The standard InChI is InChI=1S/C7H10IN7O/c8-6-5(7(16)11-13-9)4-3-14(10)1-2-15(4)12-6/h1-3,10H2,(H2,9,11,16). The molecule has 1 amide bonds. The van der Waals surface area contributed by atoms with Gasteiger partial charge < -0.3 is 5.84 Å². The molecule has 0 aromatic carbocycles. The molecule has 0 unspecified atom stereocenters. The summed E-state index contributed by atoms with van der Waals surface area (Å²) in [6.07, 6.45) is 0. The Balaban J connectivity index is 2.45. The number of hydrazine groups is 1. The molecule has 0 atom stereocenters. The molecular formula is C7H10IN7O. The average Bonchev–Trinajstić information content (AvgIpc) is 2.53. The van der Waals surface area contributed by atoms with Gasteiger partial charge in [-0.25, -0.2) is 5.01 Å². The van der Waals surface area contributed by atoms with Crippen LogP contribution < -0.4 is 11.7 Å². The van der Waals surface area contributed by atoms with Crippen LogP contribution in [0.4, 0.5) is 0 Å². The highest BCUT2D eigenvalue weighted by Crippen LogP contribution is 2.21. The van der Waals surface area contributed by atoms with Crippen molar-refractivity contribution in [2.75, 3.05) is 6.54 Å². The highest BCUT2D eigenvalue weighted by molar-refractivity contribution is 14.1. The number of aromatic nitrogens is 2. The molecule has 0 radical (unpaired) electrons. The number of rotatable bonds is 1. The predicted molar refractivity (Wildman–Crippen MR) is 62.9 cm³/mol. The summed E-state index contributed by atoms with van der Waals surface area (Å²) in [7, 11) is 0. The number of nitrogens with zero attached hydrogens (tertiary/aromatic N) is 5. The van der Waals surface area contributed by atoms with Crippen LogP contribution in [-0.4, -0.2) is 27.2 Å². The molecule has 1 aliphatic heterocycles. The van der Waals surface area contributed by atoms with Crippen molar-refractivity contribution in [2.24, 2.45) is 22.0 Å². The molecule has 2 rings (SSSR count). The van der Waals surface area contributed by atoms with Gasteiger partial charge in [-0.1, -0.05) is 10.3 Å². The first-order chi connectivity index (χ1) is 7.63. The molecule has 8 nitrogen and oxygen atoms in total. The minimum absolute atomic E-state index is 0.435. The number of fused-ring (bicyclic) bond motifs is 1. The van der Waals surface area contributed by atoms with Crippen LogP contribution >= 0.6 is 22.6 Å². The van der Waals surface area contributed by atoms with E-state index in [1.54, 1.807) is 9.69 Å². The largest absolute Gasteiger partial charge is 0.304 e. The number of nitrogens with two attached hydrogens (primary N) is 2. The lowest BCUT2D eigenvalue weighted by Crippen LogP contribution is -2.39. The fraction of sp³-hybridized carbons (Fsp3) is 0.429. The molecule has 1 aromatic rings. The Morgan fingerprint density at radius 2 is 2.25 bits per heavy atom. The fourth-order valence-corrected chi connectivity index (χ4v) is 2.42. The van der Waals surface area contributed by atoms with E-state index in [-0.39, 0.29) is 0 Å². The third kappa shape index (κ3) is 1.92. The van der Waals surface area contributed by atoms with Crippen LogP contribution in [-0.2, 0) is 13.1 Å². The van der Waals surface area contributed by atoms with Crippen LogP contribution in [0.1, 0.15) is 16.1 Å². The smallest absolute Gasteiger partial charge is 0.301 e. The maximum Gasteiger partial charge on any atom is 0.301 e. The zero-order valence-electron chi connectivity index (χ0n) is 8.30. The molecule has 1 aromatic heterocycles. The van der Waals surface area contributed by atoms with Crippen molar-refractivity contribution in [1.29, 1.82) is 0 Å². The van der Waals surface area contributed by atoms with Gasteiger partial charge in [-0.05, 0) is 22.6 Å². The molecule has 0 aliphatic carbocycles. The maximum atomic E-state index is 11.6. The Morgan fingerprint density at radius 3 is 2.94 bits per heavy atom. The number of carbonyl (C=O) groups is 1. The Hall–Kier alpha value is -1.07. The van der Waals surface area contributed by atoms with Gasteiger partial charge >= 0.3 is 5.91 Å². The van der Waals surface area contributed by atoms with E-state index >= 15 is 0 Å². The fourth-order valence-electron chi connectivity index (χ4n) is 1.62. The lowest BCUT2D eigenvalue weighted by Gasteiger charge is -2.23. The molecular weight excluding hydrogens is 325 g/mol. The van der Waals surface area contributed by atoms with E-state index < -0.39 is 5.91 Å². The second kappa shape index (κ2) is 4.43. The van der Waals surface area contributed by atoms with Crippen molar-refractivity contribution >= 4 is 28.5 Å². The average molecular weight is 335 g/mol. The van der Waals surface area contributed by atoms with E-state index in [0.717, 1.165) is 5.69 Å². The topological polar surface area (TPSA) is 115 Å². The second-order valence-corrected chi connectivity index (χ2v) is 4.35. The first-order valence-corrected chi connectivity index (χ1v) is 5.61. The number of carbonyl (C=O) groups excluding carboxylic acids is 1. The van der Waals surface area contributed by atoms with Crippen LogP contribution in [0, 0.1) is 3.70 Å². The molecule has 0 saturated carbocycles. The molecule has 0 saturated heterocycles. The quantitative estimate of drug-likeness (QED) is 0.315. The van der Waals surface area contributed by atoms with Crippen molar-refractivity contribution in [3.05, 3.63) is 15.0 Å².